The van der Waals surface area contributed by atoms with E-state index in [1.807, 2.05) is 32.6 Å². The Morgan fingerprint density at radius 3 is 1.94 bits per heavy atom. The molecule has 0 heterocycles. The summed E-state index contributed by atoms with van der Waals surface area (Å²) in [4.78, 5) is 13.6. The van der Waals surface area contributed by atoms with Crippen LogP contribution in [0, 0.1) is 0 Å². The van der Waals surface area contributed by atoms with Crippen LogP contribution in [0.5, 0.6) is 0 Å². The molecular weight excluding hydrogens is 234 g/mol. The van der Waals surface area contributed by atoms with Crippen molar-refractivity contribution in [3.8, 4) is 0 Å². The predicted molar refractivity (Wildman–Crippen MR) is 70.7 cm³/mol. The number of carbonyl (C=O) groups excluding carboxylic acids is 1. The molecule has 0 radical (unpaired) electrons. The van der Waals surface area contributed by atoms with Gasteiger partial charge in [0.2, 0.25) is 0 Å². The summed E-state index contributed by atoms with van der Waals surface area (Å²) in [5.41, 5.74) is 0. The van der Waals surface area contributed by atoms with Gasteiger partial charge in [0, 0.05) is 26.3 Å². The van der Waals surface area contributed by atoms with Gasteiger partial charge in [-0.05, 0) is 27.7 Å². The summed E-state index contributed by atoms with van der Waals surface area (Å²) in [6.45, 7) is 12.0. The van der Waals surface area contributed by atoms with Gasteiger partial charge in [-0.15, -0.1) is 0 Å². The Balaban J connectivity index is 3.97. The second-order valence-electron chi connectivity index (χ2n) is 4.21. The highest BCUT2D eigenvalue weighted by Crippen LogP contribution is 1.95. The smallest absolute Gasteiger partial charge is 0.320 e. The minimum Gasteiger partial charge on any atom is -0.462 e. The second kappa shape index (κ2) is 11.4. The van der Waals surface area contributed by atoms with Crippen molar-refractivity contribution < 1.29 is 19.0 Å². The fraction of sp³-hybridized carbons (Fsp3) is 0.923. The fourth-order valence-corrected chi connectivity index (χ4v) is 1.43. The molecular formula is C13H27NO4. The first-order valence-electron chi connectivity index (χ1n) is 6.67. The van der Waals surface area contributed by atoms with Gasteiger partial charge in [0.05, 0.1) is 25.9 Å². The third kappa shape index (κ3) is 10.5. The zero-order chi connectivity index (χ0) is 13.8. The van der Waals surface area contributed by atoms with E-state index in [0.29, 0.717) is 46.1 Å². The SMILES string of the molecule is CCOCCN(CCOCC)CC(=O)OC(C)C. The number of carbonyl (C=O) groups is 1. The lowest BCUT2D eigenvalue weighted by Gasteiger charge is -2.21. The van der Waals surface area contributed by atoms with Gasteiger partial charge < -0.3 is 14.2 Å². The number of nitrogens with zero attached hydrogens (tertiary/aromatic N) is 1. The van der Waals surface area contributed by atoms with Crippen LogP contribution in [0.15, 0.2) is 0 Å². The van der Waals surface area contributed by atoms with Crippen LogP contribution in [0.3, 0.4) is 0 Å². The summed E-state index contributed by atoms with van der Waals surface area (Å²) >= 11 is 0. The number of rotatable bonds is 11. The van der Waals surface area contributed by atoms with E-state index >= 15 is 0 Å². The maximum atomic E-state index is 11.6. The van der Waals surface area contributed by atoms with Gasteiger partial charge in [-0.25, -0.2) is 0 Å². The molecule has 0 fully saturated rings. The predicted octanol–water partition coefficient (Wildman–Crippen LogP) is 1.31. The molecule has 0 aliphatic rings. The van der Waals surface area contributed by atoms with Crippen molar-refractivity contribution in [3.05, 3.63) is 0 Å². The second-order valence-corrected chi connectivity index (χ2v) is 4.21. The van der Waals surface area contributed by atoms with E-state index in [9.17, 15) is 4.79 Å². The van der Waals surface area contributed by atoms with Gasteiger partial charge in [0.25, 0.3) is 0 Å². The molecule has 0 saturated carbocycles. The molecule has 0 aromatic heterocycles. The minimum absolute atomic E-state index is 0.0712. The van der Waals surface area contributed by atoms with E-state index in [4.69, 9.17) is 14.2 Å². The third-order valence-corrected chi connectivity index (χ3v) is 2.23. The summed E-state index contributed by atoms with van der Waals surface area (Å²) in [6.07, 6.45) is -0.0712. The van der Waals surface area contributed by atoms with Crippen molar-refractivity contribution in [3.63, 3.8) is 0 Å². The first-order chi connectivity index (χ1) is 8.60. The first kappa shape index (κ1) is 17.4. The number of hydrogen-bond acceptors (Lipinski definition) is 5. The Morgan fingerprint density at radius 1 is 1.06 bits per heavy atom. The third-order valence-electron chi connectivity index (χ3n) is 2.23. The Bertz CT molecular complexity index is 199. The summed E-state index contributed by atoms with van der Waals surface area (Å²) < 4.78 is 15.7. The van der Waals surface area contributed by atoms with E-state index in [2.05, 4.69) is 0 Å². The van der Waals surface area contributed by atoms with E-state index in [1.165, 1.54) is 0 Å². The maximum absolute atomic E-state index is 11.6. The monoisotopic (exact) mass is 261 g/mol. The van der Waals surface area contributed by atoms with E-state index < -0.39 is 0 Å². The summed E-state index contributed by atoms with van der Waals surface area (Å²) in [5.74, 6) is -0.196. The lowest BCUT2D eigenvalue weighted by atomic mass is 10.4. The van der Waals surface area contributed by atoms with Crippen LogP contribution in [0.25, 0.3) is 0 Å². The average molecular weight is 261 g/mol. The normalized spacial score (nSPS) is 11.2. The van der Waals surface area contributed by atoms with Crippen molar-refractivity contribution in [1.82, 2.24) is 4.90 Å². The van der Waals surface area contributed by atoms with Crippen LogP contribution in [0.2, 0.25) is 0 Å². The molecule has 5 nitrogen and oxygen atoms in total. The highest BCUT2D eigenvalue weighted by atomic mass is 16.5. The molecule has 5 heteroatoms. The Labute approximate surface area is 110 Å². The molecule has 0 aliphatic heterocycles. The van der Waals surface area contributed by atoms with Crippen molar-refractivity contribution in [2.75, 3.05) is 46.1 Å². The van der Waals surface area contributed by atoms with Crippen LogP contribution < -0.4 is 0 Å². The van der Waals surface area contributed by atoms with E-state index in [-0.39, 0.29) is 12.1 Å². The molecule has 0 atom stereocenters. The zero-order valence-corrected chi connectivity index (χ0v) is 12.1. The Kier molecular flexibility index (Phi) is 11.0. The summed E-state index contributed by atoms with van der Waals surface area (Å²) in [6, 6.07) is 0. The molecule has 0 saturated heterocycles. The van der Waals surface area contributed by atoms with Crippen LogP contribution >= 0.6 is 0 Å². The maximum Gasteiger partial charge on any atom is 0.320 e. The fourth-order valence-electron chi connectivity index (χ4n) is 1.43. The Morgan fingerprint density at radius 2 is 1.56 bits per heavy atom. The topological polar surface area (TPSA) is 48.0 Å². The molecule has 108 valence electrons. The molecule has 0 spiro atoms. The molecule has 0 aromatic carbocycles. The van der Waals surface area contributed by atoms with Gasteiger partial charge >= 0.3 is 5.97 Å². The number of esters is 1. The standard InChI is InChI=1S/C13H27NO4/c1-5-16-9-7-14(8-10-17-6-2)11-13(15)18-12(3)4/h12H,5-11H2,1-4H3. The van der Waals surface area contributed by atoms with Crippen molar-refractivity contribution in [2.24, 2.45) is 0 Å². The highest BCUT2D eigenvalue weighted by molar-refractivity contribution is 5.71. The quantitative estimate of drug-likeness (QED) is 0.414. The molecule has 0 N–H and O–H groups in total. The van der Waals surface area contributed by atoms with E-state index in [1.54, 1.807) is 0 Å². The van der Waals surface area contributed by atoms with Crippen LogP contribution in [0.4, 0.5) is 0 Å². The van der Waals surface area contributed by atoms with Crippen LogP contribution in [0.1, 0.15) is 27.7 Å². The number of ether oxygens (including phenoxy) is 3. The van der Waals surface area contributed by atoms with Gasteiger partial charge in [0.15, 0.2) is 0 Å². The van der Waals surface area contributed by atoms with Crippen molar-refractivity contribution in [2.45, 2.75) is 33.8 Å². The zero-order valence-electron chi connectivity index (χ0n) is 12.1. The largest absolute Gasteiger partial charge is 0.462 e. The Hall–Kier alpha value is -0.650. The molecule has 0 unspecified atom stereocenters. The lowest BCUT2D eigenvalue weighted by molar-refractivity contribution is -0.149. The first-order valence-corrected chi connectivity index (χ1v) is 6.67. The average Bonchev–Trinajstić information content (AvgIpc) is 2.28. The molecule has 0 aliphatic carbocycles. The molecule has 0 bridgehead atoms. The van der Waals surface area contributed by atoms with E-state index in [0.717, 1.165) is 0 Å². The van der Waals surface area contributed by atoms with Crippen LogP contribution in [-0.4, -0.2) is 63.0 Å². The highest BCUT2D eigenvalue weighted by Gasteiger charge is 2.12. The molecule has 0 aromatic rings. The summed E-state index contributed by atoms with van der Waals surface area (Å²) in [5, 5.41) is 0. The van der Waals surface area contributed by atoms with Crippen molar-refractivity contribution >= 4 is 5.97 Å². The molecule has 18 heavy (non-hydrogen) atoms. The minimum atomic E-state index is -0.196. The van der Waals surface area contributed by atoms with Gasteiger partial charge in [-0.1, -0.05) is 0 Å². The lowest BCUT2D eigenvalue weighted by Crippen LogP contribution is -2.37. The molecule has 0 amide bonds. The van der Waals surface area contributed by atoms with Crippen LogP contribution in [-0.2, 0) is 19.0 Å². The summed E-state index contributed by atoms with van der Waals surface area (Å²) in [7, 11) is 0. The number of hydrogen-bond donors (Lipinski definition) is 0. The molecule has 0 rings (SSSR count). The van der Waals surface area contributed by atoms with Gasteiger partial charge in [-0.3, -0.25) is 9.69 Å². The van der Waals surface area contributed by atoms with Crippen molar-refractivity contribution in [1.29, 1.82) is 0 Å². The van der Waals surface area contributed by atoms with Gasteiger partial charge in [0.1, 0.15) is 0 Å². The van der Waals surface area contributed by atoms with Gasteiger partial charge in [-0.2, -0.15) is 0 Å².